The average Bonchev–Trinajstić information content (AvgIpc) is 2.79. The van der Waals surface area contributed by atoms with Crippen LogP contribution in [0.25, 0.3) is 0 Å². The molecule has 0 bridgehead atoms. The Morgan fingerprint density at radius 3 is 3.05 bits per heavy atom. The Kier molecular flexibility index (Phi) is 3.73. The predicted molar refractivity (Wildman–Crippen MR) is 79.6 cm³/mol. The second kappa shape index (κ2) is 5.37. The van der Waals surface area contributed by atoms with Crippen LogP contribution in [-0.2, 0) is 16.1 Å². The van der Waals surface area contributed by atoms with Gasteiger partial charge < -0.3 is 9.64 Å². The van der Waals surface area contributed by atoms with Crippen LogP contribution in [0.4, 0.5) is 0 Å². The lowest BCUT2D eigenvalue weighted by Crippen LogP contribution is -2.60. The molecule has 3 rings (SSSR count). The summed E-state index contributed by atoms with van der Waals surface area (Å²) in [5.41, 5.74) is 2.02. The second-order valence-corrected chi connectivity index (χ2v) is 7.26. The van der Waals surface area contributed by atoms with Crippen molar-refractivity contribution in [2.75, 3.05) is 18.8 Å². The number of carbonyl (C=O) groups excluding carboxylic acids is 1. The Morgan fingerprint density at radius 1 is 1.55 bits per heavy atom. The van der Waals surface area contributed by atoms with Gasteiger partial charge in [0.15, 0.2) is 0 Å². The first-order chi connectivity index (χ1) is 9.56. The molecule has 2 saturated heterocycles. The zero-order valence-corrected chi connectivity index (χ0v) is 12.8. The molecule has 0 aliphatic carbocycles. The van der Waals surface area contributed by atoms with Crippen LogP contribution in [0.5, 0.6) is 0 Å². The van der Waals surface area contributed by atoms with Crippen molar-refractivity contribution in [3.05, 3.63) is 29.6 Å². The zero-order valence-electron chi connectivity index (χ0n) is 12.0. The highest BCUT2D eigenvalue weighted by molar-refractivity contribution is 8.01. The van der Waals surface area contributed by atoms with E-state index in [4.69, 9.17) is 4.74 Å². The van der Waals surface area contributed by atoms with Gasteiger partial charge in [-0.05, 0) is 25.5 Å². The van der Waals surface area contributed by atoms with Crippen molar-refractivity contribution in [2.45, 2.75) is 37.7 Å². The molecule has 1 aromatic heterocycles. The largest absolute Gasteiger partial charge is 0.371 e. The van der Waals surface area contributed by atoms with Gasteiger partial charge in [-0.15, -0.1) is 11.8 Å². The molecule has 2 fully saturated rings. The van der Waals surface area contributed by atoms with Gasteiger partial charge in [0.2, 0.25) is 5.91 Å². The number of hydrogen-bond acceptors (Lipinski definition) is 4. The first kappa shape index (κ1) is 13.9. The Balaban J connectivity index is 1.48. The molecule has 2 aliphatic rings. The van der Waals surface area contributed by atoms with Crippen LogP contribution in [0.1, 0.15) is 24.7 Å². The third kappa shape index (κ3) is 2.83. The number of carbonyl (C=O) groups is 1. The molecule has 0 saturated carbocycles. The second-order valence-electron chi connectivity index (χ2n) is 5.78. The molecule has 2 aliphatic heterocycles. The van der Waals surface area contributed by atoms with E-state index in [0.717, 1.165) is 36.7 Å². The average molecular weight is 292 g/mol. The molecule has 108 valence electrons. The molecule has 4 nitrogen and oxygen atoms in total. The number of pyridine rings is 1. The molecule has 0 aromatic carbocycles. The lowest BCUT2D eigenvalue weighted by atomic mass is 9.93. The van der Waals surface area contributed by atoms with E-state index in [-0.39, 0.29) is 16.8 Å². The monoisotopic (exact) mass is 292 g/mol. The summed E-state index contributed by atoms with van der Waals surface area (Å²) >= 11 is 1.96. The minimum atomic E-state index is 0.185. The summed E-state index contributed by atoms with van der Waals surface area (Å²) in [6.07, 6.45) is 1.34. The standard InChI is InChI=1S/C15H20N2O2S/c1-11-4-3-5-13(16-11)7-19-14-6-15(20-8-14)9-17(10-15)12(2)18/h3-5,14H,6-10H2,1-2H3/t14-/m1/s1. The third-order valence-electron chi connectivity index (χ3n) is 3.99. The number of hydrogen-bond donors (Lipinski definition) is 0. The van der Waals surface area contributed by atoms with E-state index in [1.807, 2.05) is 41.8 Å². The van der Waals surface area contributed by atoms with E-state index in [1.165, 1.54) is 0 Å². The number of rotatable bonds is 3. The molecule has 1 amide bonds. The van der Waals surface area contributed by atoms with Gasteiger partial charge in [0.25, 0.3) is 0 Å². The van der Waals surface area contributed by atoms with Gasteiger partial charge in [-0.3, -0.25) is 9.78 Å². The molecule has 0 N–H and O–H groups in total. The predicted octanol–water partition coefficient (Wildman–Crippen LogP) is 2.01. The summed E-state index contributed by atoms with van der Waals surface area (Å²) in [6, 6.07) is 6.02. The highest BCUT2D eigenvalue weighted by Crippen LogP contribution is 2.46. The summed E-state index contributed by atoms with van der Waals surface area (Å²) in [5, 5.41) is 0. The van der Waals surface area contributed by atoms with E-state index < -0.39 is 0 Å². The van der Waals surface area contributed by atoms with Crippen LogP contribution in [0.15, 0.2) is 18.2 Å². The van der Waals surface area contributed by atoms with Crippen molar-refractivity contribution in [2.24, 2.45) is 0 Å². The Bertz CT molecular complexity index is 514. The number of likely N-dealkylation sites (tertiary alicyclic amines) is 1. The summed E-state index contributed by atoms with van der Waals surface area (Å²) in [7, 11) is 0. The zero-order chi connectivity index (χ0) is 14.2. The molecule has 3 heterocycles. The topological polar surface area (TPSA) is 42.4 Å². The highest BCUT2D eigenvalue weighted by atomic mass is 32.2. The first-order valence-corrected chi connectivity index (χ1v) is 7.98. The van der Waals surface area contributed by atoms with Crippen LogP contribution in [0.3, 0.4) is 0 Å². The van der Waals surface area contributed by atoms with Crippen molar-refractivity contribution in [3.63, 3.8) is 0 Å². The SMILES string of the molecule is CC(=O)N1CC2(C[C@@H](OCc3cccc(C)n3)CS2)C1. The summed E-state index contributed by atoms with van der Waals surface area (Å²) in [4.78, 5) is 17.6. The van der Waals surface area contributed by atoms with E-state index in [9.17, 15) is 4.79 Å². The smallest absolute Gasteiger partial charge is 0.219 e. The molecular formula is C15H20N2O2S. The van der Waals surface area contributed by atoms with Crippen molar-refractivity contribution in [3.8, 4) is 0 Å². The summed E-state index contributed by atoms with van der Waals surface area (Å²) in [6.45, 7) is 5.99. The molecule has 1 aromatic rings. The number of nitrogens with zero attached hydrogens (tertiary/aromatic N) is 2. The minimum Gasteiger partial charge on any atom is -0.371 e. The number of thioether (sulfide) groups is 1. The van der Waals surface area contributed by atoms with Crippen molar-refractivity contribution >= 4 is 17.7 Å². The van der Waals surface area contributed by atoms with Gasteiger partial charge in [-0.1, -0.05) is 6.07 Å². The number of aryl methyl sites for hydroxylation is 1. The Morgan fingerprint density at radius 2 is 2.35 bits per heavy atom. The van der Waals surface area contributed by atoms with Crippen LogP contribution >= 0.6 is 11.8 Å². The number of amides is 1. The van der Waals surface area contributed by atoms with E-state index >= 15 is 0 Å². The lowest BCUT2D eigenvalue weighted by molar-refractivity contribution is -0.134. The number of aromatic nitrogens is 1. The highest BCUT2D eigenvalue weighted by Gasteiger charge is 2.50. The van der Waals surface area contributed by atoms with Gasteiger partial charge in [0.1, 0.15) is 0 Å². The van der Waals surface area contributed by atoms with E-state index in [2.05, 4.69) is 4.98 Å². The molecule has 20 heavy (non-hydrogen) atoms. The number of ether oxygens (including phenoxy) is 1. The van der Waals surface area contributed by atoms with Crippen LogP contribution in [-0.4, -0.2) is 45.5 Å². The Hall–Kier alpha value is -1.07. The lowest BCUT2D eigenvalue weighted by Gasteiger charge is -2.47. The maximum atomic E-state index is 11.3. The summed E-state index contributed by atoms with van der Waals surface area (Å²) in [5.74, 6) is 1.21. The molecule has 1 spiro atoms. The fourth-order valence-corrected chi connectivity index (χ4v) is 4.44. The van der Waals surface area contributed by atoms with Gasteiger partial charge in [-0.25, -0.2) is 0 Å². The van der Waals surface area contributed by atoms with Gasteiger partial charge in [0.05, 0.1) is 23.2 Å². The molecule has 0 unspecified atom stereocenters. The third-order valence-corrected chi connectivity index (χ3v) is 5.57. The van der Waals surface area contributed by atoms with Gasteiger partial charge in [0, 0.05) is 31.5 Å². The Labute approximate surface area is 123 Å². The van der Waals surface area contributed by atoms with Crippen molar-refractivity contribution in [1.82, 2.24) is 9.88 Å². The molecule has 0 radical (unpaired) electrons. The maximum Gasteiger partial charge on any atom is 0.219 e. The fourth-order valence-electron chi connectivity index (χ4n) is 2.89. The normalized spacial score (nSPS) is 23.9. The molecule has 5 heteroatoms. The fraction of sp³-hybridized carbons (Fsp3) is 0.600. The van der Waals surface area contributed by atoms with Crippen LogP contribution < -0.4 is 0 Å². The van der Waals surface area contributed by atoms with E-state index in [0.29, 0.717) is 6.61 Å². The first-order valence-electron chi connectivity index (χ1n) is 7.00. The van der Waals surface area contributed by atoms with Crippen molar-refractivity contribution < 1.29 is 9.53 Å². The van der Waals surface area contributed by atoms with Crippen LogP contribution in [0, 0.1) is 6.92 Å². The molecule has 1 atom stereocenters. The summed E-state index contributed by atoms with van der Waals surface area (Å²) < 4.78 is 6.24. The van der Waals surface area contributed by atoms with Crippen molar-refractivity contribution in [1.29, 1.82) is 0 Å². The maximum absolute atomic E-state index is 11.3. The minimum absolute atomic E-state index is 0.185. The quantitative estimate of drug-likeness (QED) is 0.855. The van der Waals surface area contributed by atoms with Crippen LogP contribution in [0.2, 0.25) is 0 Å². The van der Waals surface area contributed by atoms with Gasteiger partial charge >= 0.3 is 0 Å². The van der Waals surface area contributed by atoms with Gasteiger partial charge in [-0.2, -0.15) is 0 Å². The van der Waals surface area contributed by atoms with E-state index in [1.54, 1.807) is 6.92 Å². The molecular weight excluding hydrogens is 272 g/mol.